The van der Waals surface area contributed by atoms with Gasteiger partial charge in [-0.05, 0) is 177 Å². The number of aromatic nitrogens is 4. The maximum Gasteiger partial charge on any atom is 0.232 e. The van der Waals surface area contributed by atoms with Crippen molar-refractivity contribution in [2.75, 3.05) is 78.2 Å². The van der Waals surface area contributed by atoms with Crippen LogP contribution in [0.1, 0.15) is 90.2 Å². The van der Waals surface area contributed by atoms with Gasteiger partial charge in [0.05, 0.1) is 31.7 Å². The summed E-state index contributed by atoms with van der Waals surface area (Å²) >= 11 is 0. The Labute approximate surface area is 466 Å². The molecule has 4 N–H and O–H groups in total. The lowest BCUT2D eigenvalue weighted by Gasteiger charge is -2.28. The predicted octanol–water partition coefficient (Wildman–Crippen LogP) is 11.5. The number of likely N-dealkylation sites (tertiary alicyclic amines) is 2. The molecule has 15 heteroatoms. The van der Waals surface area contributed by atoms with Gasteiger partial charge in [0, 0.05) is 66.4 Å². The van der Waals surface area contributed by atoms with Gasteiger partial charge < -0.3 is 25.2 Å². The molecule has 13 nitrogen and oxygen atoms in total. The Bertz CT molecular complexity index is 3680. The van der Waals surface area contributed by atoms with Crippen molar-refractivity contribution in [1.82, 2.24) is 29.7 Å². The van der Waals surface area contributed by atoms with Crippen LogP contribution in [0.25, 0.3) is 33.3 Å². The van der Waals surface area contributed by atoms with Crippen molar-refractivity contribution in [3.05, 3.63) is 185 Å². The highest BCUT2D eigenvalue weighted by atomic mass is 32.2. The average Bonchev–Trinajstić information content (AvgIpc) is 4.25. The van der Waals surface area contributed by atoms with Crippen LogP contribution in [0.4, 0.5) is 23.3 Å². The van der Waals surface area contributed by atoms with Crippen LogP contribution in [0.5, 0.6) is 0 Å². The first-order chi connectivity index (χ1) is 38.6. The fraction of sp³-hybridized carbons (Fsp3) is 0.328. The highest BCUT2D eigenvalue weighted by Crippen LogP contribution is 2.44. The van der Waals surface area contributed by atoms with Gasteiger partial charge in [-0.1, -0.05) is 109 Å². The third-order valence-corrected chi connectivity index (χ3v) is 19.5. The fourth-order valence-electron chi connectivity index (χ4n) is 12.5. The van der Waals surface area contributed by atoms with Crippen LogP contribution in [-0.4, -0.2) is 106 Å². The average molecular weight is 1090 g/mol. The van der Waals surface area contributed by atoms with E-state index in [4.69, 9.17) is 19.9 Å². The second kappa shape index (κ2) is 23.3. The summed E-state index contributed by atoms with van der Waals surface area (Å²) in [5, 5.41) is 8.92. The summed E-state index contributed by atoms with van der Waals surface area (Å²) in [6.07, 6.45) is 12.7. The molecule has 0 amide bonds. The zero-order valence-corrected chi connectivity index (χ0v) is 46.5. The van der Waals surface area contributed by atoms with E-state index in [0.717, 1.165) is 133 Å². The van der Waals surface area contributed by atoms with Crippen molar-refractivity contribution >= 4 is 59.6 Å². The van der Waals surface area contributed by atoms with Gasteiger partial charge in [0.25, 0.3) is 0 Å². The van der Waals surface area contributed by atoms with Gasteiger partial charge in [0.2, 0.25) is 21.9 Å². The summed E-state index contributed by atoms with van der Waals surface area (Å²) in [6.45, 7) is 8.11. The van der Waals surface area contributed by atoms with Crippen LogP contribution in [0.15, 0.2) is 157 Å². The maximum absolute atomic E-state index is 14.0. The highest BCUT2D eigenvalue weighted by molar-refractivity contribution is 8.01. The first-order valence-electron chi connectivity index (χ1n) is 28.3. The van der Waals surface area contributed by atoms with Gasteiger partial charge in [-0.15, -0.1) is 0 Å². The number of fused-ring (bicyclic) bond motifs is 7. The quantitative estimate of drug-likeness (QED) is 0.0401. The third-order valence-electron chi connectivity index (χ3n) is 16.5. The van der Waals surface area contributed by atoms with E-state index in [1.165, 1.54) is 42.6 Å². The first kappa shape index (κ1) is 52.5. The largest absolute Gasteiger partial charge is 0.354 e. The molecule has 0 radical (unpaired) electrons. The molecule has 2 aromatic heterocycles. The van der Waals surface area contributed by atoms with Gasteiger partial charge in [0.15, 0.2) is 0 Å². The van der Waals surface area contributed by atoms with E-state index in [2.05, 4.69) is 109 Å². The van der Waals surface area contributed by atoms with Crippen LogP contribution >= 0.6 is 0 Å². The topological polar surface area (TPSA) is 157 Å². The number of rotatable bonds is 21. The molecule has 12 rings (SSSR count). The van der Waals surface area contributed by atoms with E-state index >= 15 is 0 Å². The summed E-state index contributed by atoms with van der Waals surface area (Å²) in [5.41, 5.74) is 12.5. The Morgan fingerprint density at radius 3 is 1.73 bits per heavy atom. The molecule has 4 unspecified atom stereocenters. The molecule has 8 aromatic rings. The van der Waals surface area contributed by atoms with Crippen LogP contribution in [0.2, 0.25) is 0 Å². The van der Waals surface area contributed by atoms with Crippen LogP contribution in [0, 0.1) is 5.92 Å². The third kappa shape index (κ3) is 12.1. The highest BCUT2D eigenvalue weighted by Gasteiger charge is 2.30. The second-order valence-corrected chi connectivity index (χ2v) is 25.8. The van der Waals surface area contributed by atoms with E-state index in [1.54, 1.807) is 0 Å². The van der Waals surface area contributed by atoms with E-state index in [0.29, 0.717) is 34.8 Å². The van der Waals surface area contributed by atoms with Gasteiger partial charge in [-0.3, -0.25) is 4.72 Å². The molecule has 406 valence electrons. The summed E-state index contributed by atoms with van der Waals surface area (Å²) in [7, 11) is -6.32. The van der Waals surface area contributed by atoms with Gasteiger partial charge in [-0.25, -0.2) is 32.6 Å². The number of benzene rings is 6. The molecule has 4 heterocycles. The van der Waals surface area contributed by atoms with Crippen molar-refractivity contribution in [2.24, 2.45) is 5.92 Å². The van der Waals surface area contributed by atoms with Crippen LogP contribution < -0.4 is 20.1 Å². The molecule has 2 aliphatic carbocycles. The van der Waals surface area contributed by atoms with E-state index < -0.39 is 19.7 Å². The lowest BCUT2D eigenvalue weighted by atomic mass is 9.78. The molecule has 2 aliphatic heterocycles. The lowest BCUT2D eigenvalue weighted by Crippen LogP contribution is -2.24. The summed E-state index contributed by atoms with van der Waals surface area (Å²) in [4.78, 5) is 25.3. The van der Waals surface area contributed by atoms with Crippen molar-refractivity contribution in [3.63, 3.8) is 0 Å². The van der Waals surface area contributed by atoms with Crippen molar-refractivity contribution in [3.8, 4) is 22.5 Å². The Hall–Kier alpha value is -7.17. The molecular formula is C64H70N10O3S2. The van der Waals surface area contributed by atoms with Crippen molar-refractivity contribution < 1.29 is 12.6 Å². The molecule has 0 spiro atoms. The Balaban J connectivity index is 0.580. The van der Waals surface area contributed by atoms with Crippen molar-refractivity contribution in [1.29, 1.82) is 0 Å². The number of anilines is 4. The minimum Gasteiger partial charge on any atom is -0.354 e. The summed E-state index contributed by atoms with van der Waals surface area (Å²) in [5.74, 6) is 6.26. The van der Waals surface area contributed by atoms with Crippen molar-refractivity contribution in [2.45, 2.75) is 74.5 Å². The maximum atomic E-state index is 14.0. The molecule has 6 aromatic carbocycles. The smallest absolute Gasteiger partial charge is 0.232 e. The zero-order chi connectivity index (χ0) is 53.8. The lowest BCUT2D eigenvalue weighted by molar-refractivity contribution is 0.319. The monoisotopic (exact) mass is 1090 g/mol. The molecule has 79 heavy (non-hydrogen) atoms. The number of nitrogens with one attached hydrogen (secondary N) is 4. The molecule has 0 saturated carbocycles. The Morgan fingerprint density at radius 1 is 0.570 bits per heavy atom. The minimum absolute atomic E-state index is 0.101. The SMILES string of the molecule is C=S(=O)(Nc1ccc(C2Cc3cnc(NCCCN4CCC(CCCS(=O)(=O)Nc5ccc(C6Cc7cnc(NCCCN8CCCC8)nc7-c7ccccc76)cc5)C4)nc3-c3ccccc32)cc1)c1cccc2ccccc12. The minimum atomic E-state index is -3.51. The normalized spacial score (nSPS) is 18.7. The van der Waals surface area contributed by atoms with E-state index in [9.17, 15) is 12.6 Å². The first-order valence-corrected chi connectivity index (χ1v) is 31.6. The zero-order valence-electron chi connectivity index (χ0n) is 44.8. The molecular weight excluding hydrogens is 1020 g/mol. The van der Waals surface area contributed by atoms with Gasteiger partial charge >= 0.3 is 0 Å². The second-order valence-electron chi connectivity index (χ2n) is 21.9. The standard InChI is InChI=1S/C64H70N10O3S2/c1-78(75,60-22-10-16-46-15-2-3-17-53(46)60)71-51-27-23-47(24-28-51)58-40-49-43-68-64(70-62(49)56-20-6-4-18-54(56)58)66-33-13-37-74-38-31-45(44-74)14-11-39-79(76,77)72-52-29-25-48(26-30-52)59-41-50-42-67-63(65-32-12-36-73-34-8-9-35-73)69-61(50)57-21-7-5-19-55(57)59/h2-7,10,15-30,42-43,45,58-59,72H,1,8-9,11-14,31-41,44H2,(H,71,75)(H,65,67,69)(H,66,68,70). The number of hydrogen-bond donors (Lipinski definition) is 4. The van der Waals surface area contributed by atoms with Crippen LogP contribution in [0.3, 0.4) is 0 Å². The molecule has 0 bridgehead atoms. The number of sulfonamides is 1. The summed E-state index contributed by atoms with van der Waals surface area (Å²) < 4.78 is 46.7. The Kier molecular flexibility index (Phi) is 15.5. The molecule has 4 aliphatic rings. The fourth-order valence-corrected chi connectivity index (χ4v) is 15.1. The Morgan fingerprint density at radius 2 is 1.11 bits per heavy atom. The molecule has 4 atom stereocenters. The predicted molar refractivity (Wildman–Crippen MR) is 323 cm³/mol. The number of hydrogen-bond acceptors (Lipinski definition) is 11. The van der Waals surface area contributed by atoms with Gasteiger partial charge in [-0.2, -0.15) is 0 Å². The van der Waals surface area contributed by atoms with Gasteiger partial charge in [0.1, 0.15) is 0 Å². The summed E-state index contributed by atoms with van der Waals surface area (Å²) in [6, 6.07) is 46.9. The van der Waals surface area contributed by atoms with E-state index in [-0.39, 0.29) is 17.6 Å². The molecule has 2 saturated heterocycles. The van der Waals surface area contributed by atoms with Crippen LogP contribution in [-0.2, 0) is 32.6 Å². The van der Waals surface area contributed by atoms with E-state index in [1.807, 2.05) is 79.1 Å². The molecule has 2 fully saturated rings. The number of nitrogens with zero attached hydrogens (tertiary/aromatic N) is 6.